The van der Waals surface area contributed by atoms with E-state index in [2.05, 4.69) is 17.2 Å². The molecule has 0 saturated carbocycles. The lowest BCUT2D eigenvalue weighted by Crippen LogP contribution is -2.36. The molecule has 5 rings (SSSR count). The number of hydrogen-bond donors (Lipinski definition) is 0. The van der Waals surface area contributed by atoms with Crippen molar-refractivity contribution in [2.24, 2.45) is 0 Å². The standard InChI is InChI=1S/C29H26N4O2S/c1-2-18-33-27(34)24-16-10-9-15-23(24)26(31-33)28(35)32(19-17-21-11-5-3-6-12-21)29-30-25(20-36-29)22-13-7-4-8-14-22/h3-16,20H,2,17-19H2,1H3. The summed E-state index contributed by atoms with van der Waals surface area (Å²) in [7, 11) is 0. The molecule has 180 valence electrons. The van der Waals surface area contributed by atoms with Crippen LogP contribution in [0.3, 0.4) is 0 Å². The average Bonchev–Trinajstić information content (AvgIpc) is 3.41. The van der Waals surface area contributed by atoms with Crippen LogP contribution in [0.2, 0.25) is 0 Å². The number of rotatable bonds is 8. The highest BCUT2D eigenvalue weighted by atomic mass is 32.1. The first-order valence-corrected chi connectivity index (χ1v) is 12.9. The Morgan fingerprint density at radius 1 is 0.917 bits per heavy atom. The molecular weight excluding hydrogens is 468 g/mol. The molecule has 2 heterocycles. The molecular formula is C29H26N4O2S. The maximum atomic E-state index is 14.1. The fraction of sp³-hybridized carbons (Fsp3) is 0.172. The van der Waals surface area contributed by atoms with Crippen molar-refractivity contribution in [3.63, 3.8) is 0 Å². The van der Waals surface area contributed by atoms with E-state index in [0.29, 0.717) is 35.4 Å². The number of nitrogens with zero attached hydrogens (tertiary/aromatic N) is 4. The fourth-order valence-electron chi connectivity index (χ4n) is 4.18. The number of benzene rings is 3. The van der Waals surface area contributed by atoms with E-state index in [1.54, 1.807) is 17.0 Å². The van der Waals surface area contributed by atoms with Crippen LogP contribution in [-0.4, -0.2) is 27.2 Å². The summed E-state index contributed by atoms with van der Waals surface area (Å²) in [5.41, 5.74) is 3.03. The number of thiazole rings is 1. The van der Waals surface area contributed by atoms with E-state index in [1.165, 1.54) is 16.0 Å². The molecule has 0 saturated heterocycles. The number of aromatic nitrogens is 3. The van der Waals surface area contributed by atoms with Crippen LogP contribution in [-0.2, 0) is 13.0 Å². The molecule has 3 aromatic carbocycles. The van der Waals surface area contributed by atoms with Gasteiger partial charge in [0.25, 0.3) is 11.5 Å². The highest BCUT2D eigenvalue weighted by Gasteiger charge is 2.25. The Labute approximate surface area is 213 Å². The monoisotopic (exact) mass is 494 g/mol. The summed E-state index contributed by atoms with van der Waals surface area (Å²) in [6, 6.07) is 27.2. The molecule has 0 unspecified atom stereocenters. The van der Waals surface area contributed by atoms with Crippen molar-refractivity contribution in [1.29, 1.82) is 0 Å². The maximum absolute atomic E-state index is 14.1. The molecule has 36 heavy (non-hydrogen) atoms. The van der Waals surface area contributed by atoms with Gasteiger partial charge in [-0.3, -0.25) is 14.5 Å². The third-order valence-corrected chi connectivity index (χ3v) is 6.87. The quantitative estimate of drug-likeness (QED) is 0.273. The van der Waals surface area contributed by atoms with Gasteiger partial charge in [0.05, 0.1) is 11.1 Å². The van der Waals surface area contributed by atoms with E-state index in [0.717, 1.165) is 23.2 Å². The lowest BCUT2D eigenvalue weighted by molar-refractivity contribution is 0.0982. The number of fused-ring (bicyclic) bond motifs is 1. The highest BCUT2D eigenvalue weighted by Crippen LogP contribution is 2.29. The van der Waals surface area contributed by atoms with Crippen molar-refractivity contribution in [1.82, 2.24) is 14.8 Å². The van der Waals surface area contributed by atoms with E-state index in [-0.39, 0.29) is 17.2 Å². The summed E-state index contributed by atoms with van der Waals surface area (Å²) in [5.74, 6) is -0.263. The van der Waals surface area contributed by atoms with Crippen molar-refractivity contribution < 1.29 is 4.79 Å². The van der Waals surface area contributed by atoms with Gasteiger partial charge in [0, 0.05) is 29.4 Å². The molecule has 6 nitrogen and oxygen atoms in total. The summed E-state index contributed by atoms with van der Waals surface area (Å²) >= 11 is 1.43. The van der Waals surface area contributed by atoms with Gasteiger partial charge < -0.3 is 0 Å². The van der Waals surface area contributed by atoms with E-state index < -0.39 is 0 Å². The normalized spacial score (nSPS) is 11.0. The molecule has 0 aliphatic carbocycles. The highest BCUT2D eigenvalue weighted by molar-refractivity contribution is 7.14. The molecule has 0 atom stereocenters. The first kappa shape index (κ1) is 23.6. The lowest BCUT2D eigenvalue weighted by atomic mass is 10.1. The van der Waals surface area contributed by atoms with Gasteiger partial charge in [0.2, 0.25) is 0 Å². The van der Waals surface area contributed by atoms with Crippen LogP contribution in [0.15, 0.2) is 95.1 Å². The molecule has 0 aliphatic heterocycles. The lowest BCUT2D eigenvalue weighted by Gasteiger charge is -2.21. The predicted molar refractivity (Wildman–Crippen MR) is 146 cm³/mol. The van der Waals surface area contributed by atoms with Crippen molar-refractivity contribution in [2.75, 3.05) is 11.4 Å². The zero-order valence-corrected chi connectivity index (χ0v) is 20.8. The van der Waals surface area contributed by atoms with E-state index in [1.807, 2.05) is 73.0 Å². The Morgan fingerprint density at radius 2 is 1.58 bits per heavy atom. The van der Waals surface area contributed by atoms with Gasteiger partial charge in [-0.05, 0) is 24.5 Å². The van der Waals surface area contributed by atoms with Crippen molar-refractivity contribution >= 4 is 33.1 Å². The van der Waals surface area contributed by atoms with Gasteiger partial charge in [0.15, 0.2) is 10.8 Å². The minimum atomic E-state index is -0.263. The first-order chi connectivity index (χ1) is 17.7. The van der Waals surface area contributed by atoms with E-state index >= 15 is 0 Å². The Kier molecular flexibility index (Phi) is 7.00. The molecule has 5 aromatic rings. The molecule has 0 fully saturated rings. The number of anilines is 1. The van der Waals surface area contributed by atoms with Crippen LogP contribution in [0.4, 0.5) is 5.13 Å². The SMILES string of the molecule is CCCn1nc(C(=O)N(CCc2ccccc2)c2nc(-c3ccccc3)cs2)c2ccccc2c1=O. The number of amides is 1. The Balaban J connectivity index is 1.58. The molecule has 7 heteroatoms. The molecule has 0 radical (unpaired) electrons. The van der Waals surface area contributed by atoms with Crippen LogP contribution in [0.25, 0.3) is 22.0 Å². The van der Waals surface area contributed by atoms with Crippen molar-refractivity contribution in [2.45, 2.75) is 26.3 Å². The van der Waals surface area contributed by atoms with Gasteiger partial charge in [0.1, 0.15) is 0 Å². The zero-order valence-electron chi connectivity index (χ0n) is 20.0. The topological polar surface area (TPSA) is 68.1 Å². The van der Waals surface area contributed by atoms with Gasteiger partial charge in [-0.25, -0.2) is 9.67 Å². The molecule has 0 bridgehead atoms. The average molecular weight is 495 g/mol. The van der Waals surface area contributed by atoms with Crippen LogP contribution in [0, 0.1) is 0 Å². The largest absolute Gasteiger partial charge is 0.282 e. The van der Waals surface area contributed by atoms with Gasteiger partial charge in [-0.2, -0.15) is 5.10 Å². The maximum Gasteiger partial charge on any atom is 0.281 e. The zero-order chi connectivity index (χ0) is 24.9. The number of carbonyl (C=O) groups is 1. The van der Waals surface area contributed by atoms with Crippen LogP contribution in [0.5, 0.6) is 0 Å². The third-order valence-electron chi connectivity index (χ3n) is 6.01. The van der Waals surface area contributed by atoms with E-state index in [4.69, 9.17) is 4.98 Å². The number of aryl methyl sites for hydroxylation is 1. The molecule has 0 aliphatic rings. The molecule has 1 amide bonds. The van der Waals surface area contributed by atoms with Crippen LogP contribution in [0.1, 0.15) is 29.4 Å². The Bertz CT molecular complexity index is 1540. The summed E-state index contributed by atoms with van der Waals surface area (Å²) < 4.78 is 1.40. The van der Waals surface area contributed by atoms with Gasteiger partial charge in [-0.15, -0.1) is 11.3 Å². The summed E-state index contributed by atoms with van der Waals surface area (Å²) in [4.78, 5) is 33.6. The number of carbonyl (C=O) groups excluding carboxylic acids is 1. The van der Waals surface area contributed by atoms with Crippen LogP contribution >= 0.6 is 11.3 Å². The minimum Gasteiger partial charge on any atom is -0.282 e. The summed E-state index contributed by atoms with van der Waals surface area (Å²) in [5, 5.41) is 8.18. The number of hydrogen-bond acceptors (Lipinski definition) is 5. The molecule has 0 N–H and O–H groups in total. The second kappa shape index (κ2) is 10.7. The molecule has 2 aromatic heterocycles. The van der Waals surface area contributed by atoms with Crippen molar-refractivity contribution in [3.8, 4) is 11.3 Å². The summed E-state index contributed by atoms with van der Waals surface area (Å²) in [6.45, 7) is 2.87. The van der Waals surface area contributed by atoms with Gasteiger partial charge in [-0.1, -0.05) is 85.8 Å². The smallest absolute Gasteiger partial charge is 0.281 e. The third kappa shape index (κ3) is 4.83. The summed E-state index contributed by atoms with van der Waals surface area (Å²) in [6.07, 6.45) is 1.41. The minimum absolute atomic E-state index is 0.180. The van der Waals surface area contributed by atoms with E-state index in [9.17, 15) is 9.59 Å². The first-order valence-electron chi connectivity index (χ1n) is 12.0. The van der Waals surface area contributed by atoms with Crippen molar-refractivity contribution in [3.05, 3.63) is 112 Å². The second-order valence-electron chi connectivity index (χ2n) is 8.50. The predicted octanol–water partition coefficient (Wildman–Crippen LogP) is 5.82. The van der Waals surface area contributed by atoms with Crippen LogP contribution < -0.4 is 10.5 Å². The Morgan fingerprint density at radius 3 is 2.31 bits per heavy atom. The van der Waals surface area contributed by atoms with Gasteiger partial charge >= 0.3 is 0 Å². The fourth-order valence-corrected chi connectivity index (χ4v) is 5.04. The Hall–Kier alpha value is -4.10. The molecule has 0 spiro atoms. The second-order valence-corrected chi connectivity index (χ2v) is 9.33.